The summed E-state index contributed by atoms with van der Waals surface area (Å²) in [7, 11) is 0. The molecule has 88 valence electrons. The molecule has 0 bridgehead atoms. The molecule has 0 aromatic carbocycles. The number of hydrogen-bond donors (Lipinski definition) is 0. The average Bonchev–Trinajstić information content (AvgIpc) is 2.57. The molecule has 1 heteroatoms. The van der Waals surface area contributed by atoms with E-state index in [0.29, 0.717) is 11.7 Å². The highest BCUT2D eigenvalue weighted by Gasteiger charge is 2.46. The van der Waals surface area contributed by atoms with Crippen LogP contribution in [-0.2, 0) is 4.79 Å². The maximum absolute atomic E-state index is 11.6. The van der Waals surface area contributed by atoms with Gasteiger partial charge < -0.3 is 0 Å². The topological polar surface area (TPSA) is 17.1 Å². The Bertz CT molecular complexity index is 324. The highest BCUT2D eigenvalue weighted by molar-refractivity contribution is 5.90. The Balaban J connectivity index is 1.93. The third-order valence-corrected chi connectivity index (χ3v) is 4.12. The van der Waals surface area contributed by atoms with Crippen LogP contribution in [0.1, 0.15) is 51.9 Å². The smallest absolute Gasteiger partial charge is 0.140 e. The van der Waals surface area contributed by atoms with E-state index in [0.717, 1.165) is 12.8 Å². The third-order valence-electron chi connectivity index (χ3n) is 4.12. The van der Waals surface area contributed by atoms with Gasteiger partial charge in [-0.3, -0.25) is 4.79 Å². The standard InChI is InChI=1S/C15H22O/c1-3-5-6-7-8-12-11(4-2)15-13(12)9-10-14(15)16/h4,13,15H,2-3,5-10H2,1H3. The lowest BCUT2D eigenvalue weighted by Crippen LogP contribution is -2.29. The molecule has 2 rings (SSSR count). The molecule has 0 N–H and O–H groups in total. The van der Waals surface area contributed by atoms with E-state index in [9.17, 15) is 4.79 Å². The summed E-state index contributed by atoms with van der Waals surface area (Å²) in [5.74, 6) is 1.30. The summed E-state index contributed by atoms with van der Waals surface area (Å²) in [4.78, 5) is 11.6. The van der Waals surface area contributed by atoms with E-state index in [1.54, 1.807) is 5.57 Å². The molecule has 0 spiro atoms. The van der Waals surface area contributed by atoms with Crippen LogP contribution < -0.4 is 0 Å². The van der Waals surface area contributed by atoms with E-state index >= 15 is 0 Å². The molecule has 2 unspecified atom stereocenters. The number of ketones is 1. The first-order chi connectivity index (χ1) is 7.79. The number of Topliss-reactive ketones (excluding diaryl/α,β-unsaturated/α-hetero) is 1. The summed E-state index contributed by atoms with van der Waals surface area (Å²) in [6.45, 7) is 6.10. The minimum absolute atomic E-state index is 0.249. The molecule has 0 aromatic rings. The average molecular weight is 218 g/mol. The second-order valence-electron chi connectivity index (χ2n) is 5.08. The first-order valence-electron chi connectivity index (χ1n) is 6.67. The molecular formula is C15H22O. The number of carbonyl (C=O) groups is 1. The molecule has 1 fully saturated rings. The predicted molar refractivity (Wildman–Crippen MR) is 67.2 cm³/mol. The van der Waals surface area contributed by atoms with Gasteiger partial charge in [-0.2, -0.15) is 0 Å². The predicted octanol–water partition coefficient (Wildman–Crippen LogP) is 4.05. The maximum atomic E-state index is 11.6. The SMILES string of the molecule is C=CC1=C(CCCCCC)C2CCC(=O)C12. The van der Waals surface area contributed by atoms with E-state index < -0.39 is 0 Å². The quantitative estimate of drug-likeness (QED) is 0.615. The molecule has 0 aromatic heterocycles. The van der Waals surface area contributed by atoms with Gasteiger partial charge >= 0.3 is 0 Å². The van der Waals surface area contributed by atoms with E-state index in [2.05, 4.69) is 13.5 Å². The van der Waals surface area contributed by atoms with Crippen LogP contribution in [0.5, 0.6) is 0 Å². The number of hydrogen-bond acceptors (Lipinski definition) is 1. The zero-order chi connectivity index (χ0) is 11.5. The number of unbranched alkanes of at least 4 members (excludes halogenated alkanes) is 3. The summed E-state index contributed by atoms with van der Waals surface area (Å²) < 4.78 is 0. The van der Waals surface area contributed by atoms with Gasteiger partial charge in [-0.05, 0) is 30.8 Å². The van der Waals surface area contributed by atoms with Gasteiger partial charge in [-0.25, -0.2) is 0 Å². The number of rotatable bonds is 6. The van der Waals surface area contributed by atoms with Crippen molar-refractivity contribution in [2.24, 2.45) is 11.8 Å². The van der Waals surface area contributed by atoms with Crippen LogP contribution in [0.4, 0.5) is 0 Å². The van der Waals surface area contributed by atoms with Crippen LogP contribution in [-0.4, -0.2) is 5.78 Å². The monoisotopic (exact) mass is 218 g/mol. The fourth-order valence-electron chi connectivity index (χ4n) is 3.26. The Morgan fingerprint density at radius 1 is 1.38 bits per heavy atom. The van der Waals surface area contributed by atoms with Crippen molar-refractivity contribution in [3.8, 4) is 0 Å². The normalized spacial score (nSPS) is 27.9. The van der Waals surface area contributed by atoms with E-state index in [4.69, 9.17) is 0 Å². The Labute approximate surface area is 98.6 Å². The van der Waals surface area contributed by atoms with E-state index in [1.165, 1.54) is 37.7 Å². The van der Waals surface area contributed by atoms with E-state index in [1.807, 2.05) is 6.08 Å². The molecule has 0 heterocycles. The highest BCUT2D eigenvalue weighted by Crippen LogP contribution is 2.51. The largest absolute Gasteiger partial charge is 0.299 e. The number of fused-ring (bicyclic) bond motifs is 1. The Kier molecular flexibility index (Phi) is 3.63. The first-order valence-corrected chi connectivity index (χ1v) is 6.67. The van der Waals surface area contributed by atoms with Crippen LogP contribution in [0.2, 0.25) is 0 Å². The van der Waals surface area contributed by atoms with Crippen LogP contribution >= 0.6 is 0 Å². The third kappa shape index (κ3) is 1.88. The molecule has 2 atom stereocenters. The Morgan fingerprint density at radius 2 is 2.19 bits per heavy atom. The molecule has 2 aliphatic carbocycles. The Morgan fingerprint density at radius 3 is 2.88 bits per heavy atom. The second kappa shape index (κ2) is 4.99. The summed E-state index contributed by atoms with van der Waals surface area (Å²) in [6, 6.07) is 0. The van der Waals surface area contributed by atoms with Crippen molar-refractivity contribution in [1.29, 1.82) is 0 Å². The molecule has 0 radical (unpaired) electrons. The van der Waals surface area contributed by atoms with Gasteiger partial charge in [-0.15, -0.1) is 0 Å². The van der Waals surface area contributed by atoms with Gasteiger partial charge in [0, 0.05) is 12.3 Å². The second-order valence-corrected chi connectivity index (χ2v) is 5.08. The summed E-state index contributed by atoms with van der Waals surface area (Å²) in [5, 5.41) is 0. The van der Waals surface area contributed by atoms with Crippen LogP contribution in [0.15, 0.2) is 23.8 Å². The van der Waals surface area contributed by atoms with Crippen LogP contribution in [0.25, 0.3) is 0 Å². The molecule has 16 heavy (non-hydrogen) atoms. The summed E-state index contributed by atoms with van der Waals surface area (Å²) in [6.07, 6.45) is 10.3. The van der Waals surface area contributed by atoms with Crippen LogP contribution in [0, 0.1) is 11.8 Å². The van der Waals surface area contributed by atoms with Gasteiger partial charge in [0.25, 0.3) is 0 Å². The lowest BCUT2D eigenvalue weighted by molar-refractivity contribution is -0.120. The zero-order valence-electron chi connectivity index (χ0n) is 10.3. The first kappa shape index (κ1) is 11.6. The van der Waals surface area contributed by atoms with Crippen LogP contribution in [0.3, 0.4) is 0 Å². The fourth-order valence-corrected chi connectivity index (χ4v) is 3.26. The summed E-state index contributed by atoms with van der Waals surface area (Å²) in [5.41, 5.74) is 2.84. The minimum Gasteiger partial charge on any atom is -0.299 e. The van der Waals surface area contributed by atoms with Gasteiger partial charge in [0.2, 0.25) is 0 Å². The lowest BCUT2D eigenvalue weighted by Gasteiger charge is -2.35. The van der Waals surface area contributed by atoms with Crippen molar-refractivity contribution < 1.29 is 4.79 Å². The molecule has 1 saturated carbocycles. The van der Waals surface area contributed by atoms with Crippen molar-refractivity contribution in [3.05, 3.63) is 23.8 Å². The van der Waals surface area contributed by atoms with Crippen molar-refractivity contribution in [2.75, 3.05) is 0 Å². The molecular weight excluding hydrogens is 196 g/mol. The highest BCUT2D eigenvalue weighted by atomic mass is 16.1. The molecule has 0 saturated heterocycles. The van der Waals surface area contributed by atoms with Gasteiger partial charge in [0.15, 0.2) is 0 Å². The Hall–Kier alpha value is -0.850. The molecule has 0 aliphatic heterocycles. The zero-order valence-corrected chi connectivity index (χ0v) is 10.3. The van der Waals surface area contributed by atoms with Gasteiger partial charge in [0.05, 0.1) is 0 Å². The summed E-state index contributed by atoms with van der Waals surface area (Å²) >= 11 is 0. The van der Waals surface area contributed by atoms with Crippen molar-refractivity contribution in [1.82, 2.24) is 0 Å². The van der Waals surface area contributed by atoms with Crippen molar-refractivity contribution in [2.45, 2.75) is 51.9 Å². The number of allylic oxidation sites excluding steroid dienone is 3. The lowest BCUT2D eigenvalue weighted by atomic mass is 9.68. The van der Waals surface area contributed by atoms with Crippen molar-refractivity contribution in [3.63, 3.8) is 0 Å². The van der Waals surface area contributed by atoms with Gasteiger partial charge in [0.1, 0.15) is 5.78 Å². The van der Waals surface area contributed by atoms with Gasteiger partial charge in [-0.1, -0.05) is 44.4 Å². The fraction of sp³-hybridized carbons (Fsp3) is 0.667. The minimum atomic E-state index is 0.249. The molecule has 0 amide bonds. The number of carbonyl (C=O) groups excluding carboxylic acids is 1. The van der Waals surface area contributed by atoms with Crippen molar-refractivity contribution >= 4 is 5.78 Å². The maximum Gasteiger partial charge on any atom is 0.140 e. The molecule has 2 aliphatic rings. The molecule has 1 nitrogen and oxygen atoms in total. The van der Waals surface area contributed by atoms with E-state index in [-0.39, 0.29) is 5.92 Å².